The molecule has 0 aliphatic rings. The highest BCUT2D eigenvalue weighted by Crippen LogP contribution is 2.20. The molecule has 2 rings (SSSR count). The van der Waals surface area contributed by atoms with Crippen LogP contribution in [0.3, 0.4) is 0 Å². The van der Waals surface area contributed by atoms with Crippen molar-refractivity contribution in [3.8, 4) is 0 Å². The molecule has 1 radical (unpaired) electrons. The molecule has 0 unspecified atom stereocenters. The summed E-state index contributed by atoms with van der Waals surface area (Å²) in [4.78, 5) is 26.9. The smallest absolute Gasteiger partial charge is 0.320 e. The van der Waals surface area contributed by atoms with Crippen LogP contribution in [0, 0.1) is 6.07 Å². The number of benzene rings is 1. The quantitative estimate of drug-likeness (QED) is 0.803. The Morgan fingerprint density at radius 1 is 1.45 bits per heavy atom. The molecule has 6 nitrogen and oxygen atoms in total. The summed E-state index contributed by atoms with van der Waals surface area (Å²) in [6.07, 6.45) is 0. The zero-order chi connectivity index (χ0) is 13.8. The van der Waals surface area contributed by atoms with E-state index in [2.05, 4.69) is 21.7 Å². The number of urea groups is 1. The van der Waals surface area contributed by atoms with Crippen molar-refractivity contribution in [2.24, 2.45) is 5.73 Å². The molecule has 105 valence electrons. The molecule has 0 aliphatic carbocycles. The van der Waals surface area contributed by atoms with Crippen molar-refractivity contribution < 1.29 is 9.59 Å². The van der Waals surface area contributed by atoms with Gasteiger partial charge in [0.15, 0.2) is 0 Å². The first-order valence-electron chi connectivity index (χ1n) is 5.78. The van der Waals surface area contributed by atoms with Gasteiger partial charge in [0.25, 0.3) is 5.91 Å². The van der Waals surface area contributed by atoms with Gasteiger partial charge in [0, 0.05) is 11.9 Å². The first-order chi connectivity index (χ1) is 9.11. The predicted octanol–water partition coefficient (Wildman–Crippen LogP) is 1.70. The van der Waals surface area contributed by atoms with Crippen LogP contribution >= 0.6 is 12.4 Å². The molecule has 3 amide bonds. The molecule has 2 aromatic rings. The Balaban J connectivity index is 0.00000200. The molecule has 0 atom stereocenters. The van der Waals surface area contributed by atoms with Crippen molar-refractivity contribution >= 4 is 40.9 Å². The van der Waals surface area contributed by atoms with Crippen LogP contribution < -0.4 is 16.4 Å². The molecule has 1 aromatic heterocycles. The zero-order valence-corrected chi connectivity index (χ0v) is 11.6. The second-order valence-corrected chi connectivity index (χ2v) is 3.84. The van der Waals surface area contributed by atoms with E-state index in [1.54, 1.807) is 31.2 Å². The van der Waals surface area contributed by atoms with E-state index in [1.807, 2.05) is 0 Å². The van der Waals surface area contributed by atoms with Crippen LogP contribution in [0.15, 0.2) is 24.3 Å². The van der Waals surface area contributed by atoms with Crippen LogP contribution in [-0.2, 0) is 0 Å². The van der Waals surface area contributed by atoms with Crippen LogP contribution in [0.2, 0.25) is 0 Å². The Bertz CT molecular complexity index is 645. The van der Waals surface area contributed by atoms with Gasteiger partial charge in [0.05, 0.1) is 0 Å². The van der Waals surface area contributed by atoms with Gasteiger partial charge in [-0.2, -0.15) is 0 Å². The summed E-state index contributed by atoms with van der Waals surface area (Å²) < 4.78 is 0. The van der Waals surface area contributed by atoms with Crippen LogP contribution in [0.25, 0.3) is 10.8 Å². The third kappa shape index (κ3) is 3.36. The van der Waals surface area contributed by atoms with Gasteiger partial charge < -0.3 is 11.1 Å². The van der Waals surface area contributed by atoms with Crippen LogP contribution in [-0.4, -0.2) is 23.5 Å². The van der Waals surface area contributed by atoms with E-state index in [4.69, 9.17) is 5.73 Å². The van der Waals surface area contributed by atoms with Gasteiger partial charge in [-0.3, -0.25) is 10.1 Å². The molecule has 0 fully saturated rings. The number of anilines is 1. The molecule has 0 aliphatic heterocycles. The molecule has 1 heterocycles. The monoisotopic (exact) mass is 293 g/mol. The second kappa shape index (κ2) is 6.72. The molecule has 0 saturated carbocycles. The van der Waals surface area contributed by atoms with E-state index < -0.39 is 5.91 Å². The maximum atomic E-state index is 11.4. The molecular weight excluding hydrogens is 280 g/mol. The maximum absolute atomic E-state index is 11.4. The SMILES string of the molecule is CCNC(=O)Nc1cc2ccc[c]c2c(C(N)=O)n1.Cl. The Labute approximate surface area is 122 Å². The lowest BCUT2D eigenvalue weighted by Crippen LogP contribution is -2.29. The van der Waals surface area contributed by atoms with Crippen molar-refractivity contribution in [3.05, 3.63) is 36.0 Å². The summed E-state index contributed by atoms with van der Waals surface area (Å²) in [5.41, 5.74) is 5.38. The largest absolute Gasteiger partial charge is 0.364 e. The van der Waals surface area contributed by atoms with Crippen molar-refractivity contribution in [3.63, 3.8) is 0 Å². The lowest BCUT2D eigenvalue weighted by atomic mass is 10.1. The standard InChI is InChI=1S/C13H13N4O2.ClH/c1-2-15-13(19)17-10-7-8-5-3-4-6-9(8)11(16-10)12(14)18;/h3-5,7H,2H2,1H3,(H2,14,18)(H2,15,16,17,19);1H. The van der Waals surface area contributed by atoms with Crippen LogP contribution in [0.1, 0.15) is 17.4 Å². The summed E-state index contributed by atoms with van der Waals surface area (Å²) in [6.45, 7) is 2.30. The fourth-order valence-electron chi connectivity index (χ4n) is 1.69. The highest BCUT2D eigenvalue weighted by Gasteiger charge is 2.11. The van der Waals surface area contributed by atoms with E-state index in [1.165, 1.54) is 0 Å². The van der Waals surface area contributed by atoms with Gasteiger partial charge in [-0.1, -0.05) is 18.2 Å². The van der Waals surface area contributed by atoms with Crippen molar-refractivity contribution in [1.82, 2.24) is 10.3 Å². The maximum Gasteiger partial charge on any atom is 0.320 e. The van der Waals surface area contributed by atoms with E-state index in [9.17, 15) is 9.59 Å². The number of aromatic nitrogens is 1. The van der Waals surface area contributed by atoms with Gasteiger partial charge >= 0.3 is 6.03 Å². The van der Waals surface area contributed by atoms with Gasteiger partial charge in [-0.25, -0.2) is 9.78 Å². The number of fused-ring (bicyclic) bond motifs is 1. The normalized spacial score (nSPS) is 9.65. The molecule has 0 bridgehead atoms. The number of rotatable bonds is 3. The van der Waals surface area contributed by atoms with Gasteiger partial charge in [0.1, 0.15) is 11.5 Å². The average Bonchev–Trinajstić information content (AvgIpc) is 2.37. The van der Waals surface area contributed by atoms with Gasteiger partial charge in [0.2, 0.25) is 0 Å². The lowest BCUT2D eigenvalue weighted by molar-refractivity contribution is 0.0997. The summed E-state index contributed by atoms with van der Waals surface area (Å²) in [5, 5.41) is 6.40. The minimum absolute atomic E-state index is 0. The molecule has 4 N–H and O–H groups in total. The van der Waals surface area contributed by atoms with Crippen LogP contribution in [0.4, 0.5) is 10.6 Å². The average molecular weight is 294 g/mol. The van der Waals surface area contributed by atoms with E-state index in [-0.39, 0.29) is 29.9 Å². The first kappa shape index (κ1) is 15.7. The number of primary amides is 1. The number of nitrogens with two attached hydrogens (primary N) is 1. The second-order valence-electron chi connectivity index (χ2n) is 3.84. The number of carbonyl (C=O) groups is 2. The first-order valence-corrected chi connectivity index (χ1v) is 5.78. The number of carbonyl (C=O) groups excluding carboxylic acids is 2. The van der Waals surface area contributed by atoms with Crippen molar-refractivity contribution in [1.29, 1.82) is 0 Å². The highest BCUT2D eigenvalue weighted by atomic mass is 35.5. The minimum atomic E-state index is -0.660. The number of hydrogen-bond donors (Lipinski definition) is 3. The number of pyridine rings is 1. The van der Waals surface area contributed by atoms with Gasteiger partial charge in [-0.05, 0) is 24.4 Å². The number of nitrogens with zero attached hydrogens (tertiary/aromatic N) is 1. The molecule has 7 heteroatoms. The van der Waals surface area contributed by atoms with Crippen LogP contribution in [0.5, 0.6) is 0 Å². The zero-order valence-electron chi connectivity index (χ0n) is 10.8. The highest BCUT2D eigenvalue weighted by molar-refractivity contribution is 6.05. The Kier molecular flexibility index (Phi) is 5.28. The summed E-state index contributed by atoms with van der Waals surface area (Å²) in [7, 11) is 0. The fraction of sp³-hybridized carbons (Fsp3) is 0.154. The summed E-state index contributed by atoms with van der Waals surface area (Å²) >= 11 is 0. The third-order valence-corrected chi connectivity index (χ3v) is 2.46. The van der Waals surface area contributed by atoms with E-state index >= 15 is 0 Å². The molecule has 0 spiro atoms. The Morgan fingerprint density at radius 3 is 2.85 bits per heavy atom. The van der Waals surface area contributed by atoms with E-state index in [0.717, 1.165) is 5.39 Å². The fourth-order valence-corrected chi connectivity index (χ4v) is 1.69. The summed E-state index contributed by atoms with van der Waals surface area (Å²) in [5.74, 6) is -0.390. The molecule has 1 aromatic carbocycles. The lowest BCUT2D eigenvalue weighted by Gasteiger charge is -2.08. The number of hydrogen-bond acceptors (Lipinski definition) is 3. The predicted molar refractivity (Wildman–Crippen MR) is 79.0 cm³/mol. The Morgan fingerprint density at radius 2 is 2.20 bits per heavy atom. The molecule has 0 saturated heterocycles. The van der Waals surface area contributed by atoms with Crippen molar-refractivity contribution in [2.75, 3.05) is 11.9 Å². The summed E-state index contributed by atoms with van der Waals surface area (Å²) in [6, 6.07) is 9.44. The topological polar surface area (TPSA) is 97.1 Å². The number of amides is 3. The number of nitrogens with one attached hydrogen (secondary N) is 2. The minimum Gasteiger partial charge on any atom is -0.364 e. The third-order valence-electron chi connectivity index (χ3n) is 2.46. The van der Waals surface area contributed by atoms with Crippen molar-refractivity contribution in [2.45, 2.75) is 6.92 Å². The molecular formula is C13H14ClN4O2. The van der Waals surface area contributed by atoms with Gasteiger partial charge in [-0.15, -0.1) is 12.4 Å². The Hall–Kier alpha value is -2.34. The van der Waals surface area contributed by atoms with E-state index in [0.29, 0.717) is 11.9 Å². The number of halogens is 1. The molecule has 20 heavy (non-hydrogen) atoms.